The van der Waals surface area contributed by atoms with Crippen LogP contribution in [0.3, 0.4) is 0 Å². The van der Waals surface area contributed by atoms with Gasteiger partial charge in [-0.3, -0.25) is 0 Å². The summed E-state index contributed by atoms with van der Waals surface area (Å²) in [6.45, 7) is -0.689. The number of carbonyl (C=O) groups excluding carboxylic acids is 1. The van der Waals surface area contributed by atoms with Gasteiger partial charge >= 0.3 is 5.97 Å². The average molecular weight is 371 g/mol. The largest absolute Gasteiger partial charge is 0.499 e. The Kier molecular flexibility index (Phi) is 5.64. The van der Waals surface area contributed by atoms with E-state index in [1.54, 1.807) is 24.3 Å². The molecular formula is C18H17N3O6. The maximum atomic E-state index is 11.4. The van der Waals surface area contributed by atoms with E-state index in [4.69, 9.17) is 14.7 Å². The Hall–Kier alpha value is -3.43. The summed E-state index contributed by atoms with van der Waals surface area (Å²) < 4.78 is 4.71. The van der Waals surface area contributed by atoms with E-state index in [1.165, 1.54) is 0 Å². The van der Waals surface area contributed by atoms with Gasteiger partial charge in [0.05, 0.1) is 12.3 Å². The van der Waals surface area contributed by atoms with Crippen molar-refractivity contribution in [3.8, 4) is 0 Å². The number of anilines is 2. The number of carbonyl (C=O) groups is 1. The van der Waals surface area contributed by atoms with E-state index in [0.29, 0.717) is 5.69 Å². The second-order valence-corrected chi connectivity index (χ2v) is 5.60. The number of nitrogens with zero attached hydrogens (tertiary/aromatic N) is 2. The van der Waals surface area contributed by atoms with Crippen LogP contribution in [0.15, 0.2) is 76.5 Å². The predicted octanol–water partition coefficient (Wildman–Crippen LogP) is 2.49. The average Bonchev–Trinajstić information content (AvgIpc) is 2.98. The van der Waals surface area contributed by atoms with E-state index < -0.39 is 36.3 Å². The molecule has 9 heteroatoms. The second kappa shape index (κ2) is 8.30. The number of hydrogen-bond donors (Lipinski definition) is 4. The summed E-state index contributed by atoms with van der Waals surface area (Å²) >= 11 is 0. The van der Waals surface area contributed by atoms with E-state index in [2.05, 4.69) is 15.7 Å². The summed E-state index contributed by atoms with van der Waals surface area (Å²) in [5, 5.41) is 38.7. The first kappa shape index (κ1) is 18.4. The maximum absolute atomic E-state index is 11.4. The molecule has 2 aromatic carbocycles. The van der Waals surface area contributed by atoms with Crippen LogP contribution in [0.5, 0.6) is 0 Å². The Morgan fingerprint density at radius 1 is 1.11 bits per heavy atom. The number of aliphatic hydroxyl groups excluding tert-OH is 3. The van der Waals surface area contributed by atoms with E-state index in [1.807, 2.05) is 30.3 Å². The minimum absolute atomic E-state index is 0.410. The van der Waals surface area contributed by atoms with Gasteiger partial charge in [-0.1, -0.05) is 18.2 Å². The van der Waals surface area contributed by atoms with Gasteiger partial charge in [-0.25, -0.2) is 4.79 Å². The van der Waals surface area contributed by atoms with Crippen LogP contribution in [0.1, 0.15) is 0 Å². The van der Waals surface area contributed by atoms with Crippen LogP contribution in [0.2, 0.25) is 0 Å². The molecule has 0 bridgehead atoms. The third-order valence-corrected chi connectivity index (χ3v) is 3.68. The number of cyclic esters (lactones) is 1. The molecule has 140 valence electrons. The molecule has 2 atom stereocenters. The summed E-state index contributed by atoms with van der Waals surface area (Å²) in [6, 6.07) is 16.6. The number of hydrogen-bond acceptors (Lipinski definition) is 9. The number of ether oxygens (including phenoxy) is 1. The van der Waals surface area contributed by atoms with Crippen molar-refractivity contribution in [3.63, 3.8) is 0 Å². The Bertz CT molecular complexity index is 851. The molecule has 4 N–H and O–H groups in total. The van der Waals surface area contributed by atoms with Gasteiger partial charge in [-0.15, -0.1) is 5.11 Å². The van der Waals surface area contributed by atoms with Crippen molar-refractivity contribution in [2.75, 3.05) is 11.9 Å². The molecule has 27 heavy (non-hydrogen) atoms. The van der Waals surface area contributed by atoms with Crippen LogP contribution in [0, 0.1) is 0 Å². The van der Waals surface area contributed by atoms with Crippen LogP contribution in [0.25, 0.3) is 0 Å². The first-order valence-corrected chi connectivity index (χ1v) is 8.01. The molecule has 0 amide bonds. The minimum atomic E-state index is -1.45. The van der Waals surface area contributed by atoms with Crippen molar-refractivity contribution >= 4 is 23.0 Å². The van der Waals surface area contributed by atoms with Gasteiger partial charge < -0.3 is 30.2 Å². The zero-order chi connectivity index (χ0) is 19.2. The summed E-state index contributed by atoms with van der Waals surface area (Å²) in [5.41, 5.74) is 2.25. The fourth-order valence-electron chi connectivity index (χ4n) is 2.32. The van der Waals surface area contributed by atoms with Gasteiger partial charge in [-0.05, 0) is 36.4 Å². The Balaban J connectivity index is 1.63. The molecule has 0 radical (unpaired) electrons. The molecule has 9 nitrogen and oxygen atoms in total. The summed E-state index contributed by atoms with van der Waals surface area (Å²) in [7, 11) is 0. The van der Waals surface area contributed by atoms with Gasteiger partial charge in [0.2, 0.25) is 11.5 Å². The molecule has 1 heterocycles. The monoisotopic (exact) mass is 371 g/mol. The predicted molar refractivity (Wildman–Crippen MR) is 94.4 cm³/mol. The second-order valence-electron chi connectivity index (χ2n) is 5.60. The lowest BCUT2D eigenvalue weighted by Gasteiger charge is -2.15. The number of nitrogens with one attached hydrogen (secondary N) is 1. The topological polar surface area (TPSA) is 133 Å². The van der Waals surface area contributed by atoms with Crippen molar-refractivity contribution in [2.45, 2.75) is 12.2 Å². The highest BCUT2D eigenvalue weighted by Gasteiger charge is 2.41. The minimum Gasteiger partial charge on any atom is -0.499 e. The van der Waals surface area contributed by atoms with Crippen molar-refractivity contribution in [3.05, 3.63) is 66.1 Å². The number of aliphatic hydroxyl groups is 3. The molecule has 2 aromatic rings. The third kappa shape index (κ3) is 4.40. The van der Waals surface area contributed by atoms with Gasteiger partial charge in [0.25, 0.3) is 0 Å². The van der Waals surface area contributed by atoms with Gasteiger partial charge in [-0.2, -0.15) is 0 Å². The zero-order valence-electron chi connectivity index (χ0n) is 14.0. The quantitative estimate of drug-likeness (QED) is 0.334. The maximum Gasteiger partial charge on any atom is 0.378 e. The molecule has 0 aliphatic carbocycles. The smallest absolute Gasteiger partial charge is 0.378 e. The van der Waals surface area contributed by atoms with Crippen LogP contribution in [-0.2, 0) is 14.4 Å². The molecule has 0 saturated heterocycles. The van der Waals surface area contributed by atoms with Gasteiger partial charge in [0, 0.05) is 16.7 Å². The molecular weight excluding hydrogens is 354 g/mol. The molecule has 0 unspecified atom stereocenters. The highest BCUT2D eigenvalue weighted by molar-refractivity contribution is 5.89. The van der Waals surface area contributed by atoms with Crippen LogP contribution < -0.4 is 5.32 Å². The lowest BCUT2D eigenvalue weighted by atomic mass is 10.2. The molecule has 0 saturated carbocycles. The van der Waals surface area contributed by atoms with E-state index in [9.17, 15) is 15.0 Å². The highest BCUT2D eigenvalue weighted by atomic mass is 16.7. The first-order chi connectivity index (χ1) is 13.1. The Morgan fingerprint density at radius 2 is 1.78 bits per heavy atom. The Morgan fingerprint density at radius 3 is 2.44 bits per heavy atom. The van der Waals surface area contributed by atoms with Crippen LogP contribution >= 0.6 is 0 Å². The number of benzene rings is 2. The Labute approximate surface area is 154 Å². The fourth-order valence-corrected chi connectivity index (χ4v) is 2.32. The van der Waals surface area contributed by atoms with Gasteiger partial charge in [0.15, 0.2) is 6.10 Å². The molecule has 0 fully saturated rings. The lowest BCUT2D eigenvalue weighted by Crippen LogP contribution is -2.32. The summed E-state index contributed by atoms with van der Waals surface area (Å²) in [4.78, 5) is 16.3. The fraction of sp³-hybridized carbons (Fsp3) is 0.167. The van der Waals surface area contributed by atoms with Crippen molar-refractivity contribution < 1.29 is 29.7 Å². The SMILES string of the molecule is O=C1O[C@H]([C@@H](O)CO)C(ON=Nc2ccc(Nc3ccccc3)cc2)=C1O. The molecule has 3 rings (SSSR count). The van der Waals surface area contributed by atoms with Gasteiger partial charge in [0.1, 0.15) is 6.10 Å². The van der Waals surface area contributed by atoms with Crippen molar-refractivity contribution in [1.82, 2.24) is 0 Å². The number of para-hydroxylation sites is 1. The van der Waals surface area contributed by atoms with E-state index >= 15 is 0 Å². The molecule has 1 aliphatic heterocycles. The molecule has 0 spiro atoms. The first-order valence-electron chi connectivity index (χ1n) is 8.01. The van der Waals surface area contributed by atoms with Crippen LogP contribution in [0.4, 0.5) is 17.1 Å². The van der Waals surface area contributed by atoms with Crippen molar-refractivity contribution in [1.29, 1.82) is 0 Å². The zero-order valence-corrected chi connectivity index (χ0v) is 14.0. The standard InChI is InChI=1S/C18H17N3O6/c22-10-14(23)16-17(15(24)18(25)26-16)27-21-20-13-8-6-12(7-9-13)19-11-4-2-1-3-5-11/h1-9,14,16,19,22-24H,10H2/t14-,16+/m0/s1. The highest BCUT2D eigenvalue weighted by Crippen LogP contribution is 2.26. The van der Waals surface area contributed by atoms with Crippen molar-refractivity contribution in [2.24, 2.45) is 10.4 Å². The summed E-state index contributed by atoms with van der Waals surface area (Å²) in [6.07, 6.45) is -2.80. The lowest BCUT2D eigenvalue weighted by molar-refractivity contribution is -0.148. The van der Waals surface area contributed by atoms with E-state index in [-0.39, 0.29) is 0 Å². The third-order valence-electron chi connectivity index (χ3n) is 3.68. The molecule has 0 aromatic heterocycles. The van der Waals surface area contributed by atoms with Crippen LogP contribution in [-0.4, -0.2) is 40.1 Å². The summed E-state index contributed by atoms with van der Waals surface area (Å²) in [5.74, 6) is -2.31. The number of esters is 1. The molecule has 1 aliphatic rings. The number of rotatable bonds is 7. The normalized spacial score (nSPS) is 17.9. The van der Waals surface area contributed by atoms with E-state index in [0.717, 1.165) is 11.4 Å².